The Morgan fingerprint density at radius 1 is 0.902 bits per heavy atom. The summed E-state index contributed by atoms with van der Waals surface area (Å²) in [5.74, 6) is 1.58. The summed E-state index contributed by atoms with van der Waals surface area (Å²) in [5.41, 5.74) is 2.03. The molecule has 0 saturated heterocycles. The molecule has 0 amide bonds. The van der Waals surface area contributed by atoms with Crippen molar-refractivity contribution in [3.05, 3.63) is 116 Å². The van der Waals surface area contributed by atoms with Gasteiger partial charge in [-0.25, -0.2) is 0 Å². The highest BCUT2D eigenvalue weighted by atomic mass is 19.4. The summed E-state index contributed by atoms with van der Waals surface area (Å²) in [5, 5.41) is 9.57. The molecule has 0 unspecified atom stereocenters. The van der Waals surface area contributed by atoms with Crippen LogP contribution in [0, 0.1) is 25.2 Å². The fourth-order valence-corrected chi connectivity index (χ4v) is 4.87. The molecule has 41 heavy (non-hydrogen) atoms. The zero-order chi connectivity index (χ0) is 30.1. The highest BCUT2D eigenvalue weighted by Gasteiger charge is 2.36. The highest BCUT2D eigenvalue weighted by molar-refractivity contribution is 5.66. The fraction of sp³-hybridized carbons (Fsp3) is 0.294. The maximum atomic E-state index is 14.1. The number of rotatable bonds is 7. The summed E-state index contributed by atoms with van der Waals surface area (Å²) in [4.78, 5) is 13.5. The van der Waals surface area contributed by atoms with E-state index in [0.29, 0.717) is 23.0 Å². The third-order valence-corrected chi connectivity index (χ3v) is 7.25. The monoisotopic (exact) mass is 558 g/mol. The summed E-state index contributed by atoms with van der Waals surface area (Å²) in [6.07, 6.45) is -4.87. The fourth-order valence-electron chi connectivity index (χ4n) is 4.87. The van der Waals surface area contributed by atoms with Crippen LogP contribution in [-0.4, -0.2) is 4.57 Å². The number of pyridine rings is 1. The van der Waals surface area contributed by atoms with Gasteiger partial charge in [0.1, 0.15) is 23.1 Å². The molecule has 0 aliphatic heterocycles. The van der Waals surface area contributed by atoms with E-state index in [9.17, 15) is 23.2 Å². The number of halogens is 3. The second-order valence-electron chi connectivity index (χ2n) is 11.0. The SMILES string of the molecule is Cc1ccc(Cn2c(-c3ccc(Oc4ccc(C(C)C)cc4)c(C(C)C)c3)cc(C(F)(F)F)c(C#N)c2=O)c(C)c1. The average molecular weight is 559 g/mol. The molecule has 0 radical (unpaired) electrons. The molecular formula is C34H33F3N2O2. The summed E-state index contributed by atoms with van der Waals surface area (Å²) in [6.45, 7) is 12.0. The first-order valence-electron chi connectivity index (χ1n) is 13.5. The van der Waals surface area contributed by atoms with Gasteiger partial charge in [0.15, 0.2) is 0 Å². The van der Waals surface area contributed by atoms with Crippen LogP contribution in [0.2, 0.25) is 0 Å². The van der Waals surface area contributed by atoms with Gasteiger partial charge < -0.3 is 9.30 Å². The van der Waals surface area contributed by atoms with E-state index in [4.69, 9.17) is 4.74 Å². The molecule has 0 aliphatic carbocycles. The Hall–Kier alpha value is -4.31. The molecule has 0 atom stereocenters. The number of nitrogens with zero attached hydrogens (tertiary/aromatic N) is 2. The quantitative estimate of drug-likeness (QED) is 0.227. The van der Waals surface area contributed by atoms with Gasteiger partial charge in [-0.15, -0.1) is 0 Å². The minimum absolute atomic E-state index is 0.0184. The van der Waals surface area contributed by atoms with Crippen LogP contribution in [0.4, 0.5) is 13.2 Å². The van der Waals surface area contributed by atoms with Crippen LogP contribution in [0.15, 0.2) is 71.5 Å². The standard InChI is InChI=1S/C34H33F3N2O2/c1-20(2)24-9-12-27(13-10-24)41-32-14-11-25(16-28(32)21(3)4)31-17-30(34(35,36)37)29(18-38)33(40)39(31)19-26-8-7-22(5)15-23(26)6/h7-17,20-21H,19H2,1-6H3. The first-order chi connectivity index (χ1) is 19.3. The van der Waals surface area contributed by atoms with E-state index >= 15 is 0 Å². The van der Waals surface area contributed by atoms with Crippen LogP contribution >= 0.6 is 0 Å². The minimum Gasteiger partial charge on any atom is -0.457 e. The summed E-state index contributed by atoms with van der Waals surface area (Å²) in [7, 11) is 0. The first kappa shape index (κ1) is 29.7. The van der Waals surface area contributed by atoms with Gasteiger partial charge in [-0.2, -0.15) is 18.4 Å². The van der Waals surface area contributed by atoms with Crippen molar-refractivity contribution in [3.63, 3.8) is 0 Å². The lowest BCUT2D eigenvalue weighted by atomic mass is 9.96. The number of hydrogen-bond donors (Lipinski definition) is 0. The van der Waals surface area contributed by atoms with Crippen molar-refractivity contribution >= 4 is 0 Å². The van der Waals surface area contributed by atoms with Crippen molar-refractivity contribution in [1.82, 2.24) is 4.57 Å². The Morgan fingerprint density at radius 3 is 2.15 bits per heavy atom. The van der Waals surface area contributed by atoms with E-state index in [-0.39, 0.29) is 18.2 Å². The third kappa shape index (κ3) is 6.38. The van der Waals surface area contributed by atoms with Gasteiger partial charge in [-0.1, -0.05) is 63.6 Å². The predicted octanol–water partition coefficient (Wildman–Crippen LogP) is 9.11. The molecule has 0 saturated carbocycles. The van der Waals surface area contributed by atoms with Crippen LogP contribution in [0.5, 0.6) is 11.5 Å². The van der Waals surface area contributed by atoms with Crippen molar-refractivity contribution in [3.8, 4) is 28.8 Å². The number of alkyl halides is 3. The Kier molecular flexibility index (Phi) is 8.44. The maximum absolute atomic E-state index is 14.1. The van der Waals surface area contributed by atoms with Gasteiger partial charge in [0.25, 0.3) is 5.56 Å². The molecular weight excluding hydrogens is 525 g/mol. The molecule has 0 bridgehead atoms. The van der Waals surface area contributed by atoms with Crippen molar-refractivity contribution in [2.24, 2.45) is 0 Å². The molecule has 4 aromatic rings. The van der Waals surface area contributed by atoms with Crippen LogP contribution < -0.4 is 10.3 Å². The number of nitriles is 1. The van der Waals surface area contributed by atoms with E-state index in [1.165, 1.54) is 16.2 Å². The molecule has 1 aromatic heterocycles. The number of aryl methyl sites for hydroxylation is 2. The lowest BCUT2D eigenvalue weighted by Crippen LogP contribution is -2.29. The zero-order valence-electron chi connectivity index (χ0n) is 24.1. The Balaban J connectivity index is 1.89. The van der Waals surface area contributed by atoms with E-state index in [2.05, 4.69) is 13.8 Å². The molecule has 3 aromatic carbocycles. The molecule has 7 heteroatoms. The molecule has 0 spiro atoms. The second-order valence-corrected chi connectivity index (χ2v) is 11.0. The van der Waals surface area contributed by atoms with Crippen molar-refractivity contribution in [2.75, 3.05) is 0 Å². The van der Waals surface area contributed by atoms with Crippen molar-refractivity contribution in [2.45, 2.75) is 66.1 Å². The zero-order valence-corrected chi connectivity index (χ0v) is 24.1. The number of ether oxygens (including phenoxy) is 1. The van der Waals surface area contributed by atoms with Gasteiger partial charge in [-0.05, 0) is 89.9 Å². The maximum Gasteiger partial charge on any atom is 0.417 e. The lowest BCUT2D eigenvalue weighted by molar-refractivity contribution is -0.137. The van der Waals surface area contributed by atoms with E-state index < -0.39 is 22.9 Å². The van der Waals surface area contributed by atoms with Crippen LogP contribution in [0.25, 0.3) is 11.3 Å². The van der Waals surface area contributed by atoms with Gasteiger partial charge in [-0.3, -0.25) is 4.79 Å². The van der Waals surface area contributed by atoms with E-state index in [0.717, 1.165) is 28.3 Å². The molecule has 4 nitrogen and oxygen atoms in total. The van der Waals surface area contributed by atoms with Gasteiger partial charge in [0.2, 0.25) is 0 Å². The van der Waals surface area contributed by atoms with E-state index in [1.54, 1.807) is 18.2 Å². The van der Waals surface area contributed by atoms with Crippen LogP contribution in [0.3, 0.4) is 0 Å². The largest absolute Gasteiger partial charge is 0.457 e. The Morgan fingerprint density at radius 2 is 1.59 bits per heavy atom. The predicted molar refractivity (Wildman–Crippen MR) is 156 cm³/mol. The van der Waals surface area contributed by atoms with Crippen molar-refractivity contribution in [1.29, 1.82) is 5.26 Å². The Labute approximate surface area is 238 Å². The summed E-state index contributed by atoms with van der Waals surface area (Å²) in [6, 6.07) is 21.0. The molecule has 4 rings (SSSR count). The topological polar surface area (TPSA) is 55.0 Å². The second kappa shape index (κ2) is 11.7. The third-order valence-electron chi connectivity index (χ3n) is 7.25. The van der Waals surface area contributed by atoms with E-state index in [1.807, 2.05) is 70.2 Å². The van der Waals surface area contributed by atoms with Gasteiger partial charge in [0.05, 0.1) is 17.8 Å². The van der Waals surface area contributed by atoms with Gasteiger partial charge >= 0.3 is 6.18 Å². The number of benzene rings is 3. The van der Waals surface area contributed by atoms with Gasteiger partial charge in [0, 0.05) is 0 Å². The van der Waals surface area contributed by atoms with Crippen LogP contribution in [0.1, 0.15) is 78.5 Å². The summed E-state index contributed by atoms with van der Waals surface area (Å²) >= 11 is 0. The molecule has 0 N–H and O–H groups in total. The number of hydrogen-bond acceptors (Lipinski definition) is 3. The first-order valence-corrected chi connectivity index (χ1v) is 13.5. The smallest absolute Gasteiger partial charge is 0.417 e. The molecule has 0 aliphatic rings. The normalized spacial score (nSPS) is 11.7. The molecule has 212 valence electrons. The highest BCUT2D eigenvalue weighted by Crippen LogP contribution is 2.37. The average Bonchev–Trinajstić information content (AvgIpc) is 2.90. The van der Waals surface area contributed by atoms with Crippen molar-refractivity contribution < 1.29 is 17.9 Å². The number of aromatic nitrogens is 1. The minimum atomic E-state index is -4.87. The van der Waals surface area contributed by atoms with Crippen LogP contribution in [-0.2, 0) is 12.7 Å². The molecule has 1 heterocycles. The lowest BCUT2D eigenvalue weighted by Gasteiger charge is -2.21. The summed E-state index contributed by atoms with van der Waals surface area (Å²) < 4.78 is 49.6. The Bertz CT molecular complexity index is 1670. The molecule has 0 fully saturated rings.